The zero-order valence-electron chi connectivity index (χ0n) is 6.14. The molecule has 0 unspecified atom stereocenters. The van der Waals surface area contributed by atoms with Crippen LogP contribution in [0, 0.1) is 0 Å². The number of carboxylic acid groups (broad SMARTS) is 1. The second-order valence-corrected chi connectivity index (χ2v) is 2.52. The maximum Gasteiger partial charge on any atom is 0.329 e. The lowest BCUT2D eigenvalue weighted by molar-refractivity contribution is -0.140. The largest absolute Gasteiger partial charge is 0.480 e. The minimum absolute atomic E-state index is 0.778. The van der Waals surface area contributed by atoms with Crippen molar-refractivity contribution < 1.29 is 15.0 Å². The van der Waals surface area contributed by atoms with Crippen molar-refractivity contribution in [2.45, 2.75) is 0 Å². The number of carbonyl (C=O) groups is 1. The van der Waals surface area contributed by atoms with E-state index in [0.29, 0.717) is 0 Å². The molecule has 0 fully saturated rings. The Morgan fingerprint density at radius 2 is 2.17 bits per heavy atom. The average Bonchev–Trinajstić information content (AvgIpc) is 2.07. The molecule has 1 aromatic heterocycles. The van der Waals surface area contributed by atoms with Crippen molar-refractivity contribution in [3.8, 4) is 0 Å². The van der Waals surface area contributed by atoms with E-state index in [1.54, 1.807) is 6.20 Å². The average molecular weight is 234 g/mol. The summed E-state index contributed by atoms with van der Waals surface area (Å²) in [6, 6.07) is 5.70. The van der Waals surface area contributed by atoms with E-state index in [9.17, 15) is 0 Å². The van der Waals surface area contributed by atoms with Gasteiger partial charge in [-0.15, -0.1) is 0 Å². The molecule has 4 nitrogen and oxygen atoms in total. The van der Waals surface area contributed by atoms with Crippen LogP contribution in [0.2, 0.25) is 0 Å². The Bertz CT molecular complexity index is 227. The summed E-state index contributed by atoms with van der Waals surface area (Å²) in [5, 5.41) is 15.0. The third-order valence-corrected chi connectivity index (χ3v) is 1.23. The van der Waals surface area contributed by atoms with Gasteiger partial charge in [0.25, 0.3) is 0 Å². The Morgan fingerprint density at radius 3 is 2.33 bits per heavy atom. The SMILES string of the molecule is Brc1ccccn1.O=C(O)CO. The monoisotopic (exact) mass is 233 g/mol. The summed E-state index contributed by atoms with van der Waals surface area (Å²) < 4.78 is 0.884. The van der Waals surface area contributed by atoms with Gasteiger partial charge in [-0.1, -0.05) is 6.07 Å². The molecule has 0 saturated heterocycles. The standard InChI is InChI=1S/C5H4BrN.C2H4O3/c6-5-3-1-2-4-7-5;3-1-2(4)5/h1-4H;3H,1H2,(H,4,5). The van der Waals surface area contributed by atoms with Crippen molar-refractivity contribution in [1.82, 2.24) is 4.98 Å². The van der Waals surface area contributed by atoms with Gasteiger partial charge >= 0.3 is 5.97 Å². The second-order valence-electron chi connectivity index (χ2n) is 1.70. The molecule has 1 rings (SSSR count). The summed E-state index contributed by atoms with van der Waals surface area (Å²) in [7, 11) is 0. The number of aromatic nitrogens is 1. The smallest absolute Gasteiger partial charge is 0.329 e. The maximum absolute atomic E-state index is 9.12. The summed E-state index contributed by atoms with van der Waals surface area (Å²) in [6.45, 7) is -0.778. The van der Waals surface area contributed by atoms with Gasteiger partial charge in [0.05, 0.1) is 0 Å². The fraction of sp³-hybridized carbons (Fsp3) is 0.143. The molecule has 0 atom stereocenters. The minimum atomic E-state index is -1.19. The first kappa shape index (κ1) is 11.1. The molecule has 66 valence electrons. The van der Waals surface area contributed by atoms with Gasteiger partial charge in [-0.2, -0.15) is 0 Å². The van der Waals surface area contributed by atoms with E-state index in [2.05, 4.69) is 20.9 Å². The van der Waals surface area contributed by atoms with Crippen molar-refractivity contribution >= 4 is 21.9 Å². The highest BCUT2D eigenvalue weighted by molar-refractivity contribution is 9.10. The van der Waals surface area contributed by atoms with Crippen LogP contribution in [0.1, 0.15) is 0 Å². The van der Waals surface area contributed by atoms with Crippen LogP contribution in [-0.2, 0) is 4.79 Å². The van der Waals surface area contributed by atoms with Gasteiger partial charge in [-0.25, -0.2) is 9.78 Å². The number of nitrogens with zero attached hydrogens (tertiary/aromatic N) is 1. The van der Waals surface area contributed by atoms with E-state index in [-0.39, 0.29) is 0 Å². The molecular weight excluding hydrogens is 226 g/mol. The highest BCUT2D eigenvalue weighted by Crippen LogP contribution is 2.00. The number of aliphatic hydroxyl groups is 1. The summed E-state index contributed by atoms with van der Waals surface area (Å²) in [5.74, 6) is -1.19. The predicted octanol–water partition coefficient (Wildman–Crippen LogP) is 0.907. The van der Waals surface area contributed by atoms with Gasteiger partial charge in [0.2, 0.25) is 0 Å². The van der Waals surface area contributed by atoms with Crippen LogP contribution >= 0.6 is 15.9 Å². The molecule has 0 saturated carbocycles. The molecule has 12 heavy (non-hydrogen) atoms. The lowest BCUT2D eigenvalue weighted by Gasteiger charge is -1.80. The number of hydrogen-bond acceptors (Lipinski definition) is 3. The van der Waals surface area contributed by atoms with Crippen LogP contribution in [-0.4, -0.2) is 27.8 Å². The highest BCUT2D eigenvalue weighted by atomic mass is 79.9. The number of aliphatic carboxylic acids is 1. The fourth-order valence-corrected chi connectivity index (χ4v) is 0.613. The summed E-state index contributed by atoms with van der Waals surface area (Å²) in [6.07, 6.45) is 1.74. The second kappa shape index (κ2) is 6.75. The lowest BCUT2D eigenvalue weighted by Crippen LogP contribution is -1.98. The van der Waals surface area contributed by atoms with Gasteiger partial charge in [-0.05, 0) is 28.1 Å². The van der Waals surface area contributed by atoms with Crippen LogP contribution in [0.25, 0.3) is 0 Å². The van der Waals surface area contributed by atoms with Gasteiger partial charge in [0.1, 0.15) is 11.2 Å². The van der Waals surface area contributed by atoms with Crippen molar-refractivity contribution in [3.63, 3.8) is 0 Å². The molecule has 0 aliphatic rings. The zero-order valence-corrected chi connectivity index (χ0v) is 7.73. The molecule has 1 aromatic rings. The molecule has 0 aliphatic carbocycles. The van der Waals surface area contributed by atoms with Gasteiger partial charge in [-0.3, -0.25) is 0 Å². The molecule has 0 radical (unpaired) electrons. The van der Waals surface area contributed by atoms with E-state index < -0.39 is 12.6 Å². The first-order chi connectivity index (χ1) is 5.66. The normalized spacial score (nSPS) is 8.17. The van der Waals surface area contributed by atoms with Gasteiger partial charge < -0.3 is 10.2 Å². The molecule has 0 bridgehead atoms. The van der Waals surface area contributed by atoms with Crippen molar-refractivity contribution in [3.05, 3.63) is 29.0 Å². The van der Waals surface area contributed by atoms with Gasteiger partial charge in [0.15, 0.2) is 0 Å². The van der Waals surface area contributed by atoms with E-state index >= 15 is 0 Å². The third-order valence-electron chi connectivity index (χ3n) is 0.764. The lowest BCUT2D eigenvalue weighted by atomic mass is 10.5. The summed E-state index contributed by atoms with van der Waals surface area (Å²) >= 11 is 3.20. The van der Waals surface area contributed by atoms with Crippen molar-refractivity contribution in [2.75, 3.05) is 6.61 Å². The summed E-state index contributed by atoms with van der Waals surface area (Å²) in [5.41, 5.74) is 0. The van der Waals surface area contributed by atoms with Crippen molar-refractivity contribution in [2.24, 2.45) is 0 Å². The molecule has 5 heteroatoms. The molecule has 2 N–H and O–H groups in total. The third kappa shape index (κ3) is 7.17. The Labute approximate surface area is 78.0 Å². The van der Waals surface area contributed by atoms with Crippen molar-refractivity contribution in [1.29, 1.82) is 0 Å². The molecule has 0 aromatic carbocycles. The number of carboxylic acids is 1. The fourth-order valence-electron chi connectivity index (χ4n) is 0.342. The van der Waals surface area contributed by atoms with E-state index in [1.807, 2.05) is 18.2 Å². The first-order valence-corrected chi connectivity index (χ1v) is 3.85. The number of halogens is 1. The zero-order chi connectivity index (χ0) is 9.40. The first-order valence-electron chi connectivity index (χ1n) is 3.06. The maximum atomic E-state index is 9.12. The van der Waals surface area contributed by atoms with Crippen LogP contribution < -0.4 is 0 Å². The topological polar surface area (TPSA) is 70.4 Å². The predicted molar refractivity (Wildman–Crippen MR) is 46.7 cm³/mol. The molecule has 1 heterocycles. The summed E-state index contributed by atoms with van der Waals surface area (Å²) in [4.78, 5) is 13.0. The van der Waals surface area contributed by atoms with Crippen LogP contribution in [0.4, 0.5) is 0 Å². The number of pyridine rings is 1. The molecule has 0 amide bonds. The van der Waals surface area contributed by atoms with Gasteiger partial charge in [0, 0.05) is 6.20 Å². The van der Waals surface area contributed by atoms with E-state index in [1.165, 1.54) is 0 Å². The van der Waals surface area contributed by atoms with Crippen LogP contribution in [0.15, 0.2) is 29.0 Å². The molecular formula is C7H8BrNO3. The Hall–Kier alpha value is -0.940. The number of hydrogen-bond donors (Lipinski definition) is 2. The van der Waals surface area contributed by atoms with Crippen LogP contribution in [0.3, 0.4) is 0 Å². The minimum Gasteiger partial charge on any atom is -0.480 e. The number of rotatable bonds is 1. The molecule has 0 aliphatic heterocycles. The Kier molecular flexibility index (Phi) is 6.22. The Balaban J connectivity index is 0.000000217. The number of aliphatic hydroxyl groups excluding tert-OH is 1. The van der Waals surface area contributed by atoms with E-state index in [0.717, 1.165) is 4.60 Å². The quantitative estimate of drug-likeness (QED) is 0.708. The van der Waals surface area contributed by atoms with E-state index in [4.69, 9.17) is 15.0 Å². The van der Waals surface area contributed by atoms with Crippen LogP contribution in [0.5, 0.6) is 0 Å². The highest BCUT2D eigenvalue weighted by Gasteiger charge is 1.82. The molecule has 0 spiro atoms. The Morgan fingerprint density at radius 1 is 1.58 bits per heavy atom.